The number of hydrogen-bond acceptors (Lipinski definition) is 4. The molecule has 2 aliphatic rings. The Hall–Kier alpha value is -1.59. The Morgan fingerprint density at radius 3 is 2.61 bits per heavy atom. The number of halogens is 1. The molecule has 4 nitrogen and oxygen atoms in total. The van der Waals surface area contributed by atoms with Crippen LogP contribution in [0.4, 0.5) is 0 Å². The molecule has 1 unspecified atom stereocenters. The van der Waals surface area contributed by atoms with E-state index in [9.17, 15) is 5.11 Å². The highest BCUT2D eigenvalue weighted by molar-refractivity contribution is 6.32. The van der Waals surface area contributed by atoms with E-state index < -0.39 is 5.60 Å². The van der Waals surface area contributed by atoms with Gasteiger partial charge in [-0.25, -0.2) is 0 Å². The molecule has 31 heavy (non-hydrogen) atoms. The van der Waals surface area contributed by atoms with Gasteiger partial charge in [0, 0.05) is 12.5 Å². The van der Waals surface area contributed by atoms with Crippen molar-refractivity contribution in [2.75, 3.05) is 20.1 Å². The SMILES string of the molecule is CN[C@H]1CCCN1CC(c1ccc(OCc2ccccc2)c(Cl)c1)C1(O)CCCCC1. The number of benzene rings is 2. The minimum Gasteiger partial charge on any atom is -0.487 e. The van der Waals surface area contributed by atoms with Gasteiger partial charge in [-0.3, -0.25) is 4.90 Å². The highest BCUT2D eigenvalue weighted by Gasteiger charge is 2.41. The first kappa shape index (κ1) is 22.6. The van der Waals surface area contributed by atoms with Gasteiger partial charge < -0.3 is 15.2 Å². The van der Waals surface area contributed by atoms with Crippen LogP contribution >= 0.6 is 11.6 Å². The number of hydrogen-bond donors (Lipinski definition) is 2. The first-order chi connectivity index (χ1) is 15.1. The topological polar surface area (TPSA) is 44.7 Å². The van der Waals surface area contributed by atoms with Crippen molar-refractivity contribution < 1.29 is 9.84 Å². The quantitative estimate of drug-likeness (QED) is 0.579. The van der Waals surface area contributed by atoms with Gasteiger partial charge in [-0.15, -0.1) is 0 Å². The molecule has 0 spiro atoms. The van der Waals surface area contributed by atoms with E-state index in [1.54, 1.807) is 0 Å². The fraction of sp³-hybridized carbons (Fsp3) is 0.538. The minimum absolute atomic E-state index is 0.0439. The largest absolute Gasteiger partial charge is 0.487 e. The molecule has 1 aliphatic heterocycles. The van der Waals surface area contributed by atoms with Crippen molar-refractivity contribution in [3.63, 3.8) is 0 Å². The molecule has 4 rings (SSSR count). The van der Waals surface area contributed by atoms with Gasteiger partial charge in [0.1, 0.15) is 12.4 Å². The highest BCUT2D eigenvalue weighted by atomic mass is 35.5. The molecule has 0 radical (unpaired) electrons. The standard InChI is InChI=1S/C26H35ClN2O2/c1-28-25-11-8-16-29(25)18-22(26(30)14-6-3-7-15-26)21-12-13-24(23(27)17-21)31-19-20-9-4-2-5-10-20/h2,4-5,9-10,12-13,17,22,25,28,30H,3,6-8,11,14-16,18-19H2,1H3/t22?,25-/m1/s1. The fourth-order valence-electron chi connectivity index (χ4n) is 5.29. The lowest BCUT2D eigenvalue weighted by Gasteiger charge is -2.42. The molecule has 1 saturated heterocycles. The summed E-state index contributed by atoms with van der Waals surface area (Å²) in [4.78, 5) is 2.49. The van der Waals surface area contributed by atoms with Gasteiger partial charge in [0.05, 0.1) is 16.8 Å². The molecule has 1 aliphatic carbocycles. The van der Waals surface area contributed by atoms with Crippen LogP contribution in [0.3, 0.4) is 0 Å². The van der Waals surface area contributed by atoms with Gasteiger partial charge in [0.2, 0.25) is 0 Å². The molecule has 1 saturated carbocycles. The number of ether oxygens (including phenoxy) is 1. The van der Waals surface area contributed by atoms with Gasteiger partial charge in [-0.1, -0.05) is 67.3 Å². The molecule has 2 fully saturated rings. The summed E-state index contributed by atoms with van der Waals surface area (Å²) >= 11 is 6.66. The van der Waals surface area contributed by atoms with Crippen LogP contribution in [0.2, 0.25) is 5.02 Å². The Labute approximate surface area is 191 Å². The summed E-state index contributed by atoms with van der Waals surface area (Å²) in [6.07, 6.45) is 7.87. The van der Waals surface area contributed by atoms with Gasteiger partial charge in [-0.05, 0) is 62.5 Å². The van der Waals surface area contributed by atoms with E-state index in [0.29, 0.717) is 23.5 Å². The summed E-state index contributed by atoms with van der Waals surface area (Å²) in [6, 6.07) is 16.2. The summed E-state index contributed by atoms with van der Waals surface area (Å²) in [6.45, 7) is 2.41. The van der Waals surface area contributed by atoms with E-state index in [2.05, 4.69) is 16.3 Å². The third kappa shape index (κ3) is 5.43. The number of nitrogens with zero attached hydrogens (tertiary/aromatic N) is 1. The molecule has 2 N–H and O–H groups in total. The third-order valence-corrected chi connectivity index (χ3v) is 7.37. The molecule has 168 valence electrons. The predicted octanol–water partition coefficient (Wildman–Crippen LogP) is 5.34. The summed E-state index contributed by atoms with van der Waals surface area (Å²) < 4.78 is 5.98. The fourth-order valence-corrected chi connectivity index (χ4v) is 5.53. The van der Waals surface area contributed by atoms with E-state index in [-0.39, 0.29) is 5.92 Å². The Bertz CT molecular complexity index is 839. The van der Waals surface area contributed by atoms with Crippen LogP contribution in [0.15, 0.2) is 48.5 Å². The molecule has 1 heterocycles. The van der Waals surface area contributed by atoms with E-state index in [0.717, 1.165) is 56.3 Å². The molecule has 0 aromatic heterocycles. The van der Waals surface area contributed by atoms with Crippen molar-refractivity contribution >= 4 is 11.6 Å². The summed E-state index contributed by atoms with van der Waals surface area (Å²) in [7, 11) is 2.03. The lowest BCUT2D eigenvalue weighted by molar-refractivity contribution is -0.0325. The summed E-state index contributed by atoms with van der Waals surface area (Å²) in [5.74, 6) is 0.736. The maximum atomic E-state index is 11.7. The smallest absolute Gasteiger partial charge is 0.138 e. The first-order valence-corrected chi connectivity index (χ1v) is 12.1. The molecule has 2 aromatic carbocycles. The van der Waals surface area contributed by atoms with Gasteiger partial charge in [-0.2, -0.15) is 0 Å². The van der Waals surface area contributed by atoms with Crippen molar-refractivity contribution in [3.05, 3.63) is 64.7 Å². The summed E-state index contributed by atoms with van der Waals surface area (Å²) in [5, 5.41) is 15.7. The summed E-state index contributed by atoms with van der Waals surface area (Å²) in [5.41, 5.74) is 1.56. The van der Waals surface area contributed by atoms with Crippen molar-refractivity contribution in [2.24, 2.45) is 0 Å². The zero-order valence-corrected chi connectivity index (χ0v) is 19.3. The van der Waals surface area contributed by atoms with Crippen LogP contribution < -0.4 is 10.1 Å². The molecule has 0 bridgehead atoms. The maximum Gasteiger partial charge on any atom is 0.138 e. The Morgan fingerprint density at radius 1 is 1.13 bits per heavy atom. The van der Waals surface area contributed by atoms with Crippen molar-refractivity contribution in [1.82, 2.24) is 10.2 Å². The van der Waals surface area contributed by atoms with Crippen molar-refractivity contribution in [1.29, 1.82) is 0 Å². The lowest BCUT2D eigenvalue weighted by Crippen LogP contribution is -2.48. The van der Waals surface area contributed by atoms with Crippen LogP contribution in [0.5, 0.6) is 5.75 Å². The number of nitrogens with one attached hydrogen (secondary N) is 1. The highest BCUT2D eigenvalue weighted by Crippen LogP contribution is 2.42. The lowest BCUT2D eigenvalue weighted by atomic mass is 9.72. The molecule has 0 amide bonds. The van der Waals surface area contributed by atoms with Crippen molar-refractivity contribution in [2.45, 2.75) is 69.2 Å². The average Bonchev–Trinajstić information content (AvgIpc) is 3.25. The van der Waals surface area contributed by atoms with Gasteiger partial charge >= 0.3 is 0 Å². The van der Waals surface area contributed by atoms with E-state index >= 15 is 0 Å². The number of likely N-dealkylation sites (tertiary alicyclic amines) is 1. The minimum atomic E-state index is -0.672. The number of rotatable bonds is 8. The second-order valence-electron chi connectivity index (χ2n) is 9.12. The Balaban J connectivity index is 1.54. The monoisotopic (exact) mass is 442 g/mol. The predicted molar refractivity (Wildman–Crippen MR) is 127 cm³/mol. The zero-order chi connectivity index (χ0) is 21.7. The molecular formula is C26H35ClN2O2. The van der Waals surface area contributed by atoms with Gasteiger partial charge in [0.15, 0.2) is 0 Å². The van der Waals surface area contributed by atoms with E-state index in [4.69, 9.17) is 16.3 Å². The van der Waals surface area contributed by atoms with Crippen molar-refractivity contribution in [3.8, 4) is 5.75 Å². The Kier molecular flexibility index (Phi) is 7.55. The van der Waals surface area contributed by atoms with Gasteiger partial charge in [0.25, 0.3) is 0 Å². The van der Waals surface area contributed by atoms with E-state index in [1.165, 1.54) is 12.8 Å². The Morgan fingerprint density at radius 2 is 1.90 bits per heavy atom. The van der Waals surface area contributed by atoms with Crippen LogP contribution in [0.25, 0.3) is 0 Å². The normalized spacial score (nSPS) is 22.4. The number of aliphatic hydroxyl groups is 1. The van der Waals surface area contributed by atoms with Crippen LogP contribution in [0.1, 0.15) is 62.0 Å². The van der Waals surface area contributed by atoms with Crippen LogP contribution in [-0.2, 0) is 6.61 Å². The second-order valence-corrected chi connectivity index (χ2v) is 9.53. The molecule has 2 atom stereocenters. The van der Waals surface area contributed by atoms with Crippen LogP contribution in [-0.4, -0.2) is 41.9 Å². The van der Waals surface area contributed by atoms with Crippen LogP contribution in [0, 0.1) is 0 Å². The molecule has 5 heteroatoms. The third-order valence-electron chi connectivity index (χ3n) is 7.08. The average molecular weight is 443 g/mol. The first-order valence-electron chi connectivity index (χ1n) is 11.7. The van der Waals surface area contributed by atoms with E-state index in [1.807, 2.05) is 49.5 Å². The maximum absolute atomic E-state index is 11.7. The second kappa shape index (κ2) is 10.4. The molecular weight excluding hydrogens is 408 g/mol. The zero-order valence-electron chi connectivity index (χ0n) is 18.5. The molecule has 2 aromatic rings.